The fraction of sp³-hybridized carbons (Fsp3) is 0.882. The molecule has 1 aliphatic carbocycles. The number of imide groups is 1. The van der Waals surface area contributed by atoms with E-state index in [1.807, 2.05) is 0 Å². The van der Waals surface area contributed by atoms with E-state index in [-0.39, 0.29) is 40.8 Å². The molecule has 1 saturated carbocycles. The molecule has 21 heavy (non-hydrogen) atoms. The van der Waals surface area contributed by atoms with Gasteiger partial charge in [-0.2, -0.15) is 0 Å². The number of hydrogen-bond acceptors (Lipinski definition) is 3. The summed E-state index contributed by atoms with van der Waals surface area (Å²) in [6.07, 6.45) is 5.71. The topological polar surface area (TPSA) is 49.4 Å². The number of amides is 2. The van der Waals surface area contributed by atoms with Gasteiger partial charge in [-0.15, -0.1) is 0 Å². The van der Waals surface area contributed by atoms with Crippen LogP contribution >= 0.6 is 0 Å². The van der Waals surface area contributed by atoms with E-state index in [1.54, 1.807) is 4.90 Å². The van der Waals surface area contributed by atoms with Gasteiger partial charge in [-0.05, 0) is 53.4 Å². The average Bonchev–Trinajstić information content (AvgIpc) is 2.59. The predicted molar refractivity (Wildman–Crippen MR) is 81.6 cm³/mol. The zero-order valence-electron chi connectivity index (χ0n) is 13.7. The minimum atomic E-state index is -0.0409. The number of likely N-dealkylation sites (tertiary alicyclic amines) is 1. The molecule has 2 heterocycles. The lowest BCUT2D eigenvalue weighted by Crippen LogP contribution is -2.63. The average molecular weight is 292 g/mol. The SMILES string of the molecule is CC1(C)CC(N2C(=O)[C@@H]3CCCC[C@H]3C2=O)CC(C)(C)N1. The lowest BCUT2D eigenvalue weighted by Gasteiger charge is -2.48. The van der Waals surface area contributed by atoms with E-state index in [1.165, 1.54) is 0 Å². The van der Waals surface area contributed by atoms with Crippen LogP contribution < -0.4 is 5.32 Å². The Balaban J connectivity index is 1.86. The summed E-state index contributed by atoms with van der Waals surface area (Å²) in [5.41, 5.74) is -0.0819. The highest BCUT2D eigenvalue weighted by atomic mass is 16.2. The van der Waals surface area contributed by atoms with Crippen molar-refractivity contribution in [2.75, 3.05) is 0 Å². The van der Waals surface area contributed by atoms with E-state index in [0.717, 1.165) is 38.5 Å². The largest absolute Gasteiger partial charge is 0.307 e. The van der Waals surface area contributed by atoms with Crippen molar-refractivity contribution in [3.63, 3.8) is 0 Å². The lowest BCUT2D eigenvalue weighted by atomic mass is 9.79. The van der Waals surface area contributed by atoms with E-state index in [4.69, 9.17) is 0 Å². The van der Waals surface area contributed by atoms with Crippen molar-refractivity contribution in [2.24, 2.45) is 11.8 Å². The van der Waals surface area contributed by atoms with Crippen molar-refractivity contribution < 1.29 is 9.59 Å². The molecule has 1 N–H and O–H groups in total. The van der Waals surface area contributed by atoms with Gasteiger partial charge < -0.3 is 5.32 Å². The Labute approximate surface area is 127 Å². The van der Waals surface area contributed by atoms with Crippen molar-refractivity contribution in [3.05, 3.63) is 0 Å². The van der Waals surface area contributed by atoms with E-state index in [2.05, 4.69) is 33.0 Å². The molecular weight excluding hydrogens is 264 g/mol. The van der Waals surface area contributed by atoms with Gasteiger partial charge in [0.15, 0.2) is 0 Å². The number of piperidine rings is 1. The lowest BCUT2D eigenvalue weighted by molar-refractivity contribution is -0.144. The van der Waals surface area contributed by atoms with Gasteiger partial charge in [0.05, 0.1) is 11.8 Å². The van der Waals surface area contributed by atoms with Crippen molar-refractivity contribution in [1.82, 2.24) is 10.2 Å². The van der Waals surface area contributed by atoms with Crippen LogP contribution in [-0.2, 0) is 9.59 Å². The molecule has 4 nitrogen and oxygen atoms in total. The summed E-state index contributed by atoms with van der Waals surface area (Å²) in [5.74, 6) is 0.186. The summed E-state index contributed by atoms with van der Waals surface area (Å²) < 4.78 is 0. The minimum Gasteiger partial charge on any atom is -0.307 e. The number of nitrogens with one attached hydrogen (secondary N) is 1. The highest BCUT2D eigenvalue weighted by Crippen LogP contribution is 2.42. The third kappa shape index (κ3) is 2.63. The monoisotopic (exact) mass is 292 g/mol. The van der Waals surface area contributed by atoms with Crippen LogP contribution in [0.2, 0.25) is 0 Å². The second-order valence-electron chi connectivity index (χ2n) is 8.50. The van der Waals surface area contributed by atoms with E-state index in [0.29, 0.717) is 0 Å². The Bertz CT molecular complexity index is 429. The third-order valence-electron chi connectivity index (χ3n) is 5.41. The number of rotatable bonds is 1. The number of carbonyl (C=O) groups excluding carboxylic acids is 2. The molecule has 0 bridgehead atoms. The zero-order valence-corrected chi connectivity index (χ0v) is 13.7. The Morgan fingerprint density at radius 1 is 0.905 bits per heavy atom. The molecule has 2 atom stereocenters. The molecule has 0 radical (unpaired) electrons. The Morgan fingerprint density at radius 2 is 1.33 bits per heavy atom. The van der Waals surface area contributed by atoms with Crippen LogP contribution in [0.3, 0.4) is 0 Å². The molecule has 4 heteroatoms. The first kappa shape index (κ1) is 15.0. The summed E-state index contributed by atoms with van der Waals surface area (Å²) in [5, 5.41) is 3.63. The Kier molecular flexibility index (Phi) is 3.43. The molecule has 0 spiro atoms. The summed E-state index contributed by atoms with van der Waals surface area (Å²) >= 11 is 0. The molecule has 0 unspecified atom stereocenters. The number of nitrogens with zero attached hydrogens (tertiary/aromatic N) is 1. The third-order valence-corrected chi connectivity index (χ3v) is 5.41. The van der Waals surface area contributed by atoms with Crippen LogP contribution in [0.1, 0.15) is 66.2 Å². The number of fused-ring (bicyclic) bond motifs is 1. The zero-order chi connectivity index (χ0) is 15.4. The van der Waals surface area contributed by atoms with Gasteiger partial charge in [0.25, 0.3) is 0 Å². The summed E-state index contributed by atoms with van der Waals surface area (Å²) in [6, 6.07) is 0.0573. The van der Waals surface area contributed by atoms with Crippen LogP contribution in [0.25, 0.3) is 0 Å². The smallest absolute Gasteiger partial charge is 0.233 e. The van der Waals surface area contributed by atoms with Gasteiger partial charge >= 0.3 is 0 Å². The van der Waals surface area contributed by atoms with Gasteiger partial charge in [0.1, 0.15) is 0 Å². The van der Waals surface area contributed by atoms with E-state index >= 15 is 0 Å². The summed E-state index contributed by atoms with van der Waals surface area (Å²) in [6.45, 7) is 8.66. The molecule has 3 rings (SSSR count). The van der Waals surface area contributed by atoms with E-state index in [9.17, 15) is 9.59 Å². The van der Waals surface area contributed by atoms with Gasteiger partial charge in [0, 0.05) is 17.1 Å². The second-order valence-corrected chi connectivity index (χ2v) is 8.50. The maximum atomic E-state index is 12.8. The van der Waals surface area contributed by atoms with Gasteiger partial charge in [-0.25, -0.2) is 0 Å². The fourth-order valence-corrected chi connectivity index (χ4v) is 5.00. The molecule has 2 aliphatic heterocycles. The predicted octanol–water partition coefficient (Wildman–Crippen LogP) is 2.47. The Hall–Kier alpha value is -0.900. The van der Waals surface area contributed by atoms with Crippen LogP contribution in [0.5, 0.6) is 0 Å². The maximum absolute atomic E-state index is 12.8. The van der Waals surface area contributed by atoms with Crippen molar-refractivity contribution >= 4 is 11.8 Å². The highest BCUT2D eigenvalue weighted by Gasteiger charge is 2.53. The summed E-state index contributed by atoms with van der Waals surface area (Å²) in [7, 11) is 0. The highest BCUT2D eigenvalue weighted by molar-refractivity contribution is 6.05. The van der Waals surface area contributed by atoms with Crippen LogP contribution in [0.4, 0.5) is 0 Å². The number of carbonyl (C=O) groups is 2. The normalized spacial score (nSPS) is 35.9. The number of hydrogen-bond donors (Lipinski definition) is 1. The molecule has 2 saturated heterocycles. The van der Waals surface area contributed by atoms with Gasteiger partial charge in [0.2, 0.25) is 11.8 Å². The standard InChI is InChI=1S/C17H28N2O2/c1-16(2)9-11(10-17(3,4)18-16)19-14(20)12-7-5-6-8-13(12)15(19)21/h11-13,18H,5-10H2,1-4H3/t12-,13-/m1/s1. The maximum Gasteiger partial charge on any atom is 0.233 e. The molecule has 0 aromatic carbocycles. The van der Waals surface area contributed by atoms with Crippen molar-refractivity contribution in [1.29, 1.82) is 0 Å². The Morgan fingerprint density at radius 3 is 1.76 bits per heavy atom. The molecule has 0 aromatic rings. The van der Waals surface area contributed by atoms with Crippen LogP contribution in [0.15, 0.2) is 0 Å². The quantitative estimate of drug-likeness (QED) is 0.755. The second kappa shape index (κ2) is 4.80. The first-order chi connectivity index (χ1) is 9.70. The van der Waals surface area contributed by atoms with Crippen molar-refractivity contribution in [3.8, 4) is 0 Å². The van der Waals surface area contributed by atoms with E-state index < -0.39 is 0 Å². The molecule has 3 fully saturated rings. The van der Waals surface area contributed by atoms with Gasteiger partial charge in [-0.1, -0.05) is 12.8 Å². The molecule has 3 aliphatic rings. The van der Waals surface area contributed by atoms with Crippen LogP contribution in [-0.4, -0.2) is 33.8 Å². The van der Waals surface area contributed by atoms with Crippen molar-refractivity contribution in [2.45, 2.75) is 83.3 Å². The van der Waals surface area contributed by atoms with Gasteiger partial charge in [-0.3, -0.25) is 14.5 Å². The molecule has 0 aromatic heterocycles. The first-order valence-corrected chi connectivity index (χ1v) is 8.36. The first-order valence-electron chi connectivity index (χ1n) is 8.36. The van der Waals surface area contributed by atoms with Crippen LogP contribution in [0, 0.1) is 11.8 Å². The minimum absolute atomic E-state index is 0.0210. The molecule has 2 amide bonds. The summed E-state index contributed by atoms with van der Waals surface area (Å²) in [4.78, 5) is 27.2. The molecule has 118 valence electrons. The fourth-order valence-electron chi connectivity index (χ4n) is 5.00. The molecular formula is C17H28N2O2.